The van der Waals surface area contributed by atoms with Gasteiger partial charge in [-0.05, 0) is 36.4 Å². The Morgan fingerprint density at radius 3 is 2.63 bits per heavy atom. The van der Waals surface area contributed by atoms with Gasteiger partial charge in [0.2, 0.25) is 5.95 Å². The lowest BCUT2D eigenvalue weighted by Crippen LogP contribution is -2.16. The number of carbonyl (C=O) groups excluding carboxylic acids is 1. The first-order chi connectivity index (χ1) is 12.9. The number of rotatable bonds is 5. The maximum atomic E-state index is 11.6. The van der Waals surface area contributed by atoms with Crippen molar-refractivity contribution < 1.29 is 4.79 Å². The summed E-state index contributed by atoms with van der Waals surface area (Å²) in [6, 6.07) is 7.84. The molecule has 1 N–H and O–H groups in total. The first-order valence-corrected chi connectivity index (χ1v) is 9.97. The number of thiazole rings is 1. The van der Waals surface area contributed by atoms with Crippen LogP contribution < -0.4 is 10.2 Å². The lowest BCUT2D eigenvalue weighted by molar-refractivity contribution is 0.0967. The molecule has 0 bridgehead atoms. The van der Waals surface area contributed by atoms with E-state index < -0.39 is 0 Å². The fourth-order valence-electron chi connectivity index (χ4n) is 2.37. The van der Waals surface area contributed by atoms with Crippen LogP contribution in [-0.2, 0) is 0 Å². The van der Waals surface area contributed by atoms with Gasteiger partial charge in [-0.15, -0.1) is 11.3 Å². The van der Waals surface area contributed by atoms with Crippen LogP contribution in [0, 0.1) is 0 Å². The third-order valence-electron chi connectivity index (χ3n) is 3.67. The summed E-state index contributed by atoms with van der Waals surface area (Å²) in [5.41, 5.74) is 1.54. The number of hydrogen-bond acceptors (Lipinski definition) is 5. The Morgan fingerprint density at radius 2 is 2.00 bits per heavy atom. The highest BCUT2D eigenvalue weighted by molar-refractivity contribution is 9.10. The molecule has 0 aliphatic rings. The van der Waals surface area contributed by atoms with Crippen LogP contribution in [0.25, 0.3) is 17.8 Å². The van der Waals surface area contributed by atoms with E-state index in [1.54, 1.807) is 25.4 Å². The van der Waals surface area contributed by atoms with Gasteiger partial charge < -0.3 is 10.2 Å². The molecule has 27 heavy (non-hydrogen) atoms. The van der Waals surface area contributed by atoms with Gasteiger partial charge in [0, 0.05) is 25.6 Å². The molecule has 2 aromatic heterocycles. The van der Waals surface area contributed by atoms with Crippen molar-refractivity contribution in [2.45, 2.75) is 0 Å². The molecule has 0 spiro atoms. The van der Waals surface area contributed by atoms with Crippen LogP contribution in [0.2, 0.25) is 5.15 Å². The van der Waals surface area contributed by atoms with E-state index in [2.05, 4.69) is 31.2 Å². The standard InChI is InChI=1S/C18H17BrClN5OS/c1-21-17(26)14-10-22-15(27-14)9-8-13-16(20)25(18(23-13)24(2)3)12-6-4-11(19)5-7-12/h4-10H,1-3H3,(H,21,26). The van der Waals surface area contributed by atoms with Crippen molar-refractivity contribution in [2.75, 3.05) is 26.0 Å². The molecule has 1 amide bonds. The summed E-state index contributed by atoms with van der Waals surface area (Å²) in [6.07, 6.45) is 5.16. The molecule has 0 aliphatic carbocycles. The number of carbonyl (C=O) groups is 1. The molecule has 2 heterocycles. The first-order valence-electron chi connectivity index (χ1n) is 7.98. The Bertz CT molecular complexity index is 994. The van der Waals surface area contributed by atoms with E-state index in [1.165, 1.54) is 11.3 Å². The number of nitrogens with zero attached hydrogens (tertiary/aromatic N) is 4. The molecule has 0 saturated heterocycles. The Balaban J connectivity index is 1.97. The van der Waals surface area contributed by atoms with Gasteiger partial charge in [0.1, 0.15) is 20.7 Å². The maximum Gasteiger partial charge on any atom is 0.262 e. The molecule has 3 aromatic rings. The molecule has 0 atom stereocenters. The zero-order chi connectivity index (χ0) is 19.6. The van der Waals surface area contributed by atoms with E-state index in [4.69, 9.17) is 11.6 Å². The maximum absolute atomic E-state index is 11.6. The fraction of sp³-hybridized carbons (Fsp3) is 0.167. The predicted octanol–water partition coefficient (Wildman–Crippen LogP) is 4.34. The highest BCUT2D eigenvalue weighted by Gasteiger charge is 2.17. The Hall–Kier alpha value is -2.16. The van der Waals surface area contributed by atoms with Crippen molar-refractivity contribution in [1.82, 2.24) is 19.9 Å². The van der Waals surface area contributed by atoms with Gasteiger partial charge in [-0.3, -0.25) is 9.36 Å². The molecule has 0 unspecified atom stereocenters. The van der Waals surface area contributed by atoms with Crippen molar-refractivity contribution in [3.63, 3.8) is 0 Å². The molecular weight excluding hydrogens is 450 g/mol. The average Bonchev–Trinajstić information content (AvgIpc) is 3.25. The number of aromatic nitrogens is 3. The van der Waals surface area contributed by atoms with Gasteiger partial charge in [0.15, 0.2) is 0 Å². The van der Waals surface area contributed by atoms with E-state index in [0.717, 1.165) is 10.2 Å². The summed E-state index contributed by atoms with van der Waals surface area (Å²) in [6.45, 7) is 0. The molecule has 0 saturated carbocycles. The van der Waals surface area contributed by atoms with Crippen LogP contribution in [0.4, 0.5) is 5.95 Å². The second-order valence-electron chi connectivity index (χ2n) is 5.77. The van der Waals surface area contributed by atoms with Crippen LogP contribution in [0.5, 0.6) is 0 Å². The van der Waals surface area contributed by atoms with Crippen LogP contribution >= 0.6 is 38.9 Å². The van der Waals surface area contributed by atoms with E-state index in [9.17, 15) is 4.79 Å². The molecule has 0 radical (unpaired) electrons. The van der Waals surface area contributed by atoms with Crippen LogP contribution in [0.15, 0.2) is 34.9 Å². The van der Waals surface area contributed by atoms with Gasteiger partial charge in [0.25, 0.3) is 5.91 Å². The summed E-state index contributed by atoms with van der Waals surface area (Å²) < 4.78 is 2.87. The minimum Gasteiger partial charge on any atom is -0.354 e. The Kier molecular flexibility index (Phi) is 5.98. The molecular formula is C18H17BrClN5OS. The molecule has 0 aliphatic heterocycles. The minimum atomic E-state index is -0.153. The largest absolute Gasteiger partial charge is 0.354 e. The van der Waals surface area contributed by atoms with Gasteiger partial charge in [-0.25, -0.2) is 9.97 Å². The monoisotopic (exact) mass is 465 g/mol. The highest BCUT2D eigenvalue weighted by Crippen LogP contribution is 2.30. The van der Waals surface area contributed by atoms with Crippen molar-refractivity contribution in [2.24, 2.45) is 0 Å². The van der Waals surface area contributed by atoms with Crippen molar-refractivity contribution in [3.05, 3.63) is 55.7 Å². The van der Waals surface area contributed by atoms with Crippen molar-refractivity contribution >= 4 is 62.9 Å². The van der Waals surface area contributed by atoms with E-state index in [1.807, 2.05) is 47.8 Å². The predicted molar refractivity (Wildman–Crippen MR) is 115 cm³/mol. The molecule has 9 heteroatoms. The lowest BCUT2D eigenvalue weighted by Gasteiger charge is -2.14. The number of benzene rings is 1. The number of nitrogens with one attached hydrogen (secondary N) is 1. The average molecular weight is 467 g/mol. The number of amides is 1. The van der Waals surface area contributed by atoms with Crippen LogP contribution in [-0.4, -0.2) is 41.6 Å². The summed E-state index contributed by atoms with van der Waals surface area (Å²) >= 11 is 11.4. The molecule has 3 rings (SSSR count). The van der Waals surface area contributed by atoms with Gasteiger partial charge in [-0.1, -0.05) is 27.5 Å². The second-order valence-corrected chi connectivity index (χ2v) is 8.11. The SMILES string of the molecule is CNC(=O)c1cnc(C=Cc2nc(N(C)C)n(-c3ccc(Br)cc3)c2Cl)s1. The molecule has 6 nitrogen and oxygen atoms in total. The Morgan fingerprint density at radius 1 is 1.30 bits per heavy atom. The number of hydrogen-bond donors (Lipinski definition) is 1. The van der Waals surface area contributed by atoms with Crippen molar-refractivity contribution in [3.8, 4) is 5.69 Å². The molecule has 0 fully saturated rings. The summed E-state index contributed by atoms with van der Waals surface area (Å²) in [7, 11) is 5.42. The third kappa shape index (κ3) is 4.23. The van der Waals surface area contributed by atoms with Gasteiger partial charge >= 0.3 is 0 Å². The normalized spacial score (nSPS) is 11.1. The summed E-state index contributed by atoms with van der Waals surface area (Å²) in [5, 5.41) is 3.79. The number of imidazole rings is 1. The van der Waals surface area contributed by atoms with E-state index >= 15 is 0 Å². The molecule has 1 aromatic carbocycles. The summed E-state index contributed by atoms with van der Waals surface area (Å²) in [4.78, 5) is 23.0. The molecule has 140 valence electrons. The smallest absolute Gasteiger partial charge is 0.262 e. The topological polar surface area (TPSA) is 63.1 Å². The first kappa shape index (κ1) is 19.6. The second kappa shape index (κ2) is 8.24. The Labute approximate surface area is 174 Å². The zero-order valence-corrected chi connectivity index (χ0v) is 18.1. The van der Waals surface area contributed by atoms with E-state index in [-0.39, 0.29) is 5.91 Å². The van der Waals surface area contributed by atoms with Crippen molar-refractivity contribution in [1.29, 1.82) is 0 Å². The number of halogens is 2. The van der Waals surface area contributed by atoms with Gasteiger partial charge in [-0.2, -0.15) is 0 Å². The highest BCUT2D eigenvalue weighted by atomic mass is 79.9. The van der Waals surface area contributed by atoms with Crippen LogP contribution in [0.3, 0.4) is 0 Å². The minimum absolute atomic E-state index is 0.153. The number of anilines is 1. The quantitative estimate of drug-likeness (QED) is 0.607. The summed E-state index contributed by atoms with van der Waals surface area (Å²) in [5.74, 6) is 0.562. The van der Waals surface area contributed by atoms with Crippen LogP contribution in [0.1, 0.15) is 20.4 Å². The third-order valence-corrected chi connectivity index (χ3v) is 5.52. The lowest BCUT2D eigenvalue weighted by atomic mass is 10.3. The van der Waals surface area contributed by atoms with Gasteiger partial charge in [0.05, 0.1) is 11.9 Å². The zero-order valence-electron chi connectivity index (χ0n) is 14.9. The fourth-order valence-corrected chi connectivity index (χ4v) is 3.68. The van der Waals surface area contributed by atoms with E-state index in [0.29, 0.717) is 26.7 Å².